The molecule has 0 aliphatic carbocycles. The number of hydrogen-bond acceptors (Lipinski definition) is 7. The first kappa shape index (κ1) is 31.7. The van der Waals surface area contributed by atoms with Crippen molar-refractivity contribution in [1.82, 2.24) is 10.2 Å². The Kier molecular flexibility index (Phi) is 10.9. The number of fused-ring (bicyclic) bond motifs is 1. The van der Waals surface area contributed by atoms with E-state index in [4.69, 9.17) is 14.2 Å². The van der Waals surface area contributed by atoms with E-state index in [0.29, 0.717) is 43.4 Å². The van der Waals surface area contributed by atoms with Gasteiger partial charge in [0.05, 0.1) is 17.7 Å². The Labute approximate surface area is 253 Å². The molecule has 1 aliphatic heterocycles. The molecule has 0 saturated carbocycles. The molecule has 10 nitrogen and oxygen atoms in total. The first-order valence-corrected chi connectivity index (χ1v) is 15.9. The number of rotatable bonds is 14. The van der Waals surface area contributed by atoms with Gasteiger partial charge in [-0.15, -0.1) is 0 Å². The summed E-state index contributed by atoms with van der Waals surface area (Å²) in [4.78, 5) is 29.0. The summed E-state index contributed by atoms with van der Waals surface area (Å²) in [5, 5.41) is 2.93. The van der Waals surface area contributed by atoms with Crippen molar-refractivity contribution >= 4 is 27.5 Å². The Balaban J connectivity index is 1.72. The highest BCUT2D eigenvalue weighted by atomic mass is 32.2. The largest absolute Gasteiger partial charge is 0.497 e. The fourth-order valence-corrected chi connectivity index (χ4v) is 6.22. The first-order chi connectivity index (χ1) is 20.8. The summed E-state index contributed by atoms with van der Waals surface area (Å²) in [6.07, 6.45) is 2.06. The van der Waals surface area contributed by atoms with Crippen molar-refractivity contribution in [3.8, 4) is 17.2 Å². The minimum atomic E-state index is -4.19. The highest BCUT2D eigenvalue weighted by Crippen LogP contribution is 2.36. The number of hydrogen-bond donors (Lipinski definition) is 1. The summed E-state index contributed by atoms with van der Waals surface area (Å²) in [6.45, 7) is 4.62. The molecular weight excluding hydrogens is 570 g/mol. The number of carbonyl (C=O) groups excluding carboxylic acids is 2. The molecule has 2 amide bonds. The van der Waals surface area contributed by atoms with Crippen LogP contribution in [0.4, 0.5) is 5.69 Å². The van der Waals surface area contributed by atoms with E-state index in [2.05, 4.69) is 5.32 Å². The van der Waals surface area contributed by atoms with Crippen LogP contribution >= 0.6 is 0 Å². The third-order valence-corrected chi connectivity index (χ3v) is 8.94. The number of methoxy groups -OCH3 is 1. The van der Waals surface area contributed by atoms with Gasteiger partial charge in [0.1, 0.15) is 31.5 Å². The summed E-state index contributed by atoms with van der Waals surface area (Å²) in [5.74, 6) is 0.734. The molecule has 0 bridgehead atoms. The van der Waals surface area contributed by atoms with Crippen LogP contribution in [-0.4, -0.2) is 64.6 Å². The van der Waals surface area contributed by atoms with E-state index in [1.807, 2.05) is 26.0 Å². The second-order valence-corrected chi connectivity index (χ2v) is 12.0. The zero-order valence-electron chi connectivity index (χ0n) is 24.8. The molecule has 3 aromatic carbocycles. The average Bonchev–Trinajstić information content (AvgIpc) is 3.04. The second kappa shape index (κ2) is 14.8. The molecule has 11 heteroatoms. The van der Waals surface area contributed by atoms with E-state index in [0.717, 1.165) is 22.7 Å². The number of sulfonamides is 1. The van der Waals surface area contributed by atoms with Crippen LogP contribution in [0.2, 0.25) is 0 Å². The molecule has 43 heavy (non-hydrogen) atoms. The molecule has 0 fully saturated rings. The van der Waals surface area contributed by atoms with Crippen molar-refractivity contribution in [2.24, 2.45) is 0 Å². The molecule has 0 saturated heterocycles. The Morgan fingerprint density at radius 1 is 0.953 bits per heavy atom. The van der Waals surface area contributed by atoms with Crippen LogP contribution < -0.4 is 23.8 Å². The number of carbonyl (C=O) groups is 2. The van der Waals surface area contributed by atoms with Gasteiger partial charge in [-0.2, -0.15) is 0 Å². The van der Waals surface area contributed by atoms with Crippen LogP contribution in [0.25, 0.3) is 0 Å². The smallest absolute Gasteiger partial charge is 0.264 e. The quantitative estimate of drug-likeness (QED) is 0.270. The number of nitrogens with one attached hydrogen (secondary N) is 1. The molecule has 1 aliphatic rings. The molecule has 0 radical (unpaired) electrons. The predicted octanol–water partition coefficient (Wildman–Crippen LogP) is 4.39. The van der Waals surface area contributed by atoms with Crippen molar-refractivity contribution in [3.63, 3.8) is 0 Å². The lowest BCUT2D eigenvalue weighted by atomic mass is 10.1. The van der Waals surface area contributed by atoms with Crippen LogP contribution in [0.5, 0.6) is 17.2 Å². The van der Waals surface area contributed by atoms with Gasteiger partial charge in [-0.3, -0.25) is 13.9 Å². The van der Waals surface area contributed by atoms with E-state index in [9.17, 15) is 18.0 Å². The fourth-order valence-electron chi connectivity index (χ4n) is 4.79. The molecule has 0 aromatic heterocycles. The Bertz CT molecular complexity index is 1480. The lowest BCUT2D eigenvalue weighted by molar-refractivity contribution is -0.140. The van der Waals surface area contributed by atoms with Gasteiger partial charge in [0, 0.05) is 19.2 Å². The number of amides is 2. The summed E-state index contributed by atoms with van der Waals surface area (Å²) < 4.78 is 45.7. The molecule has 1 atom stereocenters. The van der Waals surface area contributed by atoms with Crippen molar-refractivity contribution in [1.29, 1.82) is 0 Å². The van der Waals surface area contributed by atoms with Crippen LogP contribution in [0.1, 0.15) is 38.7 Å². The normalized spacial score (nSPS) is 13.1. The maximum absolute atomic E-state index is 14.2. The average molecular weight is 610 g/mol. The lowest BCUT2D eigenvalue weighted by Gasteiger charge is -2.33. The molecule has 0 unspecified atom stereocenters. The number of anilines is 1. The molecule has 0 spiro atoms. The minimum absolute atomic E-state index is 0.0312. The van der Waals surface area contributed by atoms with Gasteiger partial charge in [0.25, 0.3) is 10.0 Å². The molecule has 1 N–H and O–H groups in total. The van der Waals surface area contributed by atoms with E-state index in [1.165, 1.54) is 17.0 Å². The number of nitrogens with zero attached hydrogens (tertiary/aromatic N) is 2. The van der Waals surface area contributed by atoms with Gasteiger partial charge in [-0.1, -0.05) is 50.6 Å². The zero-order chi connectivity index (χ0) is 30.8. The SMILES string of the molecule is CCCCNC(=O)[C@H](CC)N(Cc1ccc(OC)cc1)C(=O)CN(c1ccc2c(c1)OCCO2)S(=O)(=O)c1ccccc1. The zero-order valence-corrected chi connectivity index (χ0v) is 25.6. The maximum atomic E-state index is 14.2. The molecule has 230 valence electrons. The lowest BCUT2D eigenvalue weighted by Crippen LogP contribution is -2.52. The standard InChI is InChI=1S/C32H39N3O7S/c1-4-6-18-33-32(37)28(5-2)34(22-24-12-15-26(40-3)16-13-24)31(36)23-35(43(38,39)27-10-8-7-9-11-27)25-14-17-29-30(21-25)42-20-19-41-29/h7-17,21,28H,4-6,18-20,22-23H2,1-3H3,(H,33,37)/t28-/m0/s1. The third kappa shape index (κ3) is 7.78. The Morgan fingerprint density at radius 2 is 1.65 bits per heavy atom. The van der Waals surface area contributed by atoms with E-state index >= 15 is 0 Å². The number of ether oxygens (including phenoxy) is 3. The van der Waals surface area contributed by atoms with Crippen LogP contribution in [0, 0.1) is 0 Å². The monoisotopic (exact) mass is 609 g/mol. The molecular formula is C32H39N3O7S. The predicted molar refractivity (Wildman–Crippen MR) is 164 cm³/mol. The van der Waals surface area contributed by atoms with Gasteiger partial charge >= 0.3 is 0 Å². The Hall–Kier alpha value is -4.25. The summed E-state index contributed by atoms with van der Waals surface area (Å²) >= 11 is 0. The minimum Gasteiger partial charge on any atom is -0.497 e. The van der Waals surface area contributed by atoms with Gasteiger partial charge in [0.15, 0.2) is 11.5 Å². The Morgan fingerprint density at radius 3 is 2.30 bits per heavy atom. The van der Waals surface area contributed by atoms with Crippen LogP contribution in [-0.2, 0) is 26.2 Å². The van der Waals surface area contributed by atoms with Crippen molar-refractivity contribution < 1.29 is 32.2 Å². The molecule has 4 rings (SSSR count). The highest BCUT2D eigenvalue weighted by molar-refractivity contribution is 7.92. The summed E-state index contributed by atoms with van der Waals surface area (Å²) in [5.41, 5.74) is 1.01. The van der Waals surface area contributed by atoms with Crippen molar-refractivity contribution in [2.45, 2.75) is 50.6 Å². The van der Waals surface area contributed by atoms with Crippen LogP contribution in [0.15, 0.2) is 77.7 Å². The molecule has 3 aromatic rings. The number of unbranched alkanes of at least 4 members (excludes halogenated alkanes) is 1. The van der Waals surface area contributed by atoms with Gasteiger partial charge in [-0.05, 0) is 54.8 Å². The fraction of sp³-hybridized carbons (Fsp3) is 0.375. The van der Waals surface area contributed by atoms with Crippen molar-refractivity contribution in [3.05, 3.63) is 78.4 Å². The number of benzene rings is 3. The maximum Gasteiger partial charge on any atom is 0.264 e. The topological polar surface area (TPSA) is 114 Å². The highest BCUT2D eigenvalue weighted by Gasteiger charge is 2.34. The van der Waals surface area contributed by atoms with Crippen LogP contribution in [0.3, 0.4) is 0 Å². The van der Waals surface area contributed by atoms with E-state index in [1.54, 1.807) is 55.6 Å². The van der Waals surface area contributed by atoms with Gasteiger partial charge < -0.3 is 24.4 Å². The second-order valence-electron chi connectivity index (χ2n) is 10.1. The molecule has 1 heterocycles. The van der Waals surface area contributed by atoms with Crippen molar-refractivity contribution in [2.75, 3.05) is 37.7 Å². The van der Waals surface area contributed by atoms with E-state index in [-0.39, 0.29) is 23.0 Å². The first-order valence-electron chi connectivity index (χ1n) is 14.5. The summed E-state index contributed by atoms with van der Waals surface area (Å²) in [6, 6.07) is 19.1. The van der Waals surface area contributed by atoms with Gasteiger partial charge in [0.2, 0.25) is 11.8 Å². The third-order valence-electron chi connectivity index (χ3n) is 7.15. The summed E-state index contributed by atoms with van der Waals surface area (Å²) in [7, 11) is -2.62. The van der Waals surface area contributed by atoms with E-state index < -0.39 is 28.5 Å². The van der Waals surface area contributed by atoms with Gasteiger partial charge in [-0.25, -0.2) is 8.42 Å².